The third-order valence-corrected chi connectivity index (χ3v) is 5.53. The van der Waals surface area contributed by atoms with Gasteiger partial charge in [-0.3, -0.25) is 9.59 Å². The maximum Gasteiger partial charge on any atom is 0.251 e. The number of aromatic nitrogens is 1. The number of aromatic hydroxyl groups is 1. The number of hydrogen-bond donors (Lipinski definition) is 4. The monoisotopic (exact) mass is 453 g/mol. The molecular weight excluding hydrogens is 437 g/mol. The molecule has 3 aromatic carbocycles. The van der Waals surface area contributed by atoms with Gasteiger partial charge in [0.2, 0.25) is 5.43 Å². The van der Waals surface area contributed by atoms with Gasteiger partial charge in [0.05, 0.1) is 32.3 Å². The summed E-state index contributed by atoms with van der Waals surface area (Å²) in [5.41, 5.74) is 7.62. The molecule has 0 aliphatic carbocycles. The molecule has 1 amide bonds. The fourth-order valence-electron chi connectivity index (χ4n) is 3.24. The van der Waals surface area contributed by atoms with Crippen LogP contribution in [0, 0.1) is 0 Å². The quantitative estimate of drug-likeness (QED) is 0.335. The molecule has 0 aliphatic rings. The molecule has 0 bridgehead atoms. The van der Waals surface area contributed by atoms with Crippen LogP contribution in [-0.4, -0.2) is 16.0 Å². The van der Waals surface area contributed by atoms with E-state index in [4.69, 9.17) is 28.9 Å². The maximum absolute atomic E-state index is 12.8. The molecule has 4 aromatic rings. The smallest absolute Gasteiger partial charge is 0.251 e. The van der Waals surface area contributed by atoms with Crippen molar-refractivity contribution in [1.29, 1.82) is 0 Å². The predicted octanol–water partition coefficient (Wildman–Crippen LogP) is 4.72. The van der Waals surface area contributed by atoms with E-state index in [2.05, 4.69) is 10.3 Å². The van der Waals surface area contributed by atoms with Crippen molar-refractivity contribution in [3.8, 4) is 17.0 Å². The van der Waals surface area contributed by atoms with Crippen LogP contribution in [0.1, 0.15) is 15.9 Å². The van der Waals surface area contributed by atoms with Crippen LogP contribution in [-0.2, 0) is 6.54 Å². The van der Waals surface area contributed by atoms with E-state index in [9.17, 15) is 14.7 Å². The average molecular weight is 454 g/mol. The van der Waals surface area contributed by atoms with Crippen molar-refractivity contribution in [3.05, 3.63) is 92.1 Å². The number of rotatable bonds is 4. The van der Waals surface area contributed by atoms with Gasteiger partial charge in [0.15, 0.2) is 5.75 Å². The Balaban J connectivity index is 1.70. The third-order valence-electron chi connectivity index (χ3n) is 4.90. The second-order valence-corrected chi connectivity index (χ2v) is 7.77. The topological polar surface area (TPSA) is 108 Å². The van der Waals surface area contributed by atoms with Crippen molar-refractivity contribution in [3.63, 3.8) is 0 Å². The predicted molar refractivity (Wildman–Crippen MR) is 124 cm³/mol. The van der Waals surface area contributed by atoms with Gasteiger partial charge in [-0.25, -0.2) is 0 Å². The van der Waals surface area contributed by atoms with Crippen LogP contribution in [0.4, 0.5) is 5.69 Å². The Morgan fingerprint density at radius 2 is 1.71 bits per heavy atom. The van der Waals surface area contributed by atoms with Crippen molar-refractivity contribution < 1.29 is 9.90 Å². The number of anilines is 1. The molecule has 5 N–H and O–H groups in total. The third kappa shape index (κ3) is 4.08. The van der Waals surface area contributed by atoms with E-state index in [0.717, 1.165) is 5.56 Å². The zero-order valence-corrected chi connectivity index (χ0v) is 17.6. The number of nitrogen functional groups attached to an aromatic ring is 1. The van der Waals surface area contributed by atoms with Gasteiger partial charge in [0.1, 0.15) is 0 Å². The number of nitrogens with one attached hydrogen (secondary N) is 2. The molecular formula is C23H17Cl2N3O3. The van der Waals surface area contributed by atoms with E-state index in [1.54, 1.807) is 12.1 Å². The highest BCUT2D eigenvalue weighted by molar-refractivity contribution is 6.39. The standard InChI is InChI=1S/C23H17Cl2N3O3/c24-16-9-14(10-17(25)19(16)26)20-22(30)21(29)15-8-13(6-7-18(15)28-20)23(31)27-11-12-4-2-1-3-5-12/h1-10,30H,11,26H2,(H,27,31)(H,28,29). The Morgan fingerprint density at radius 1 is 1.03 bits per heavy atom. The number of hydrogen-bond acceptors (Lipinski definition) is 4. The molecule has 0 radical (unpaired) electrons. The Kier molecular flexibility index (Phi) is 5.59. The number of carbonyl (C=O) groups is 1. The number of halogens is 2. The number of benzene rings is 3. The van der Waals surface area contributed by atoms with Crippen LogP contribution in [0.2, 0.25) is 10.0 Å². The highest BCUT2D eigenvalue weighted by Gasteiger charge is 2.17. The summed E-state index contributed by atoms with van der Waals surface area (Å²) in [6.07, 6.45) is 0. The zero-order valence-electron chi connectivity index (χ0n) is 16.1. The summed E-state index contributed by atoms with van der Waals surface area (Å²) in [6, 6.07) is 17.1. The number of pyridine rings is 1. The molecule has 0 saturated heterocycles. The fraction of sp³-hybridized carbons (Fsp3) is 0.0435. The van der Waals surface area contributed by atoms with Gasteiger partial charge in [-0.15, -0.1) is 0 Å². The molecule has 0 spiro atoms. The Labute approximate surface area is 187 Å². The summed E-state index contributed by atoms with van der Waals surface area (Å²) in [5.74, 6) is -0.836. The molecule has 6 nitrogen and oxygen atoms in total. The van der Waals surface area contributed by atoms with Crippen LogP contribution < -0.4 is 16.5 Å². The average Bonchev–Trinajstić information content (AvgIpc) is 2.78. The SMILES string of the molecule is Nc1c(Cl)cc(-c2[nH]c3ccc(C(=O)NCc4ccccc4)cc3c(=O)c2O)cc1Cl. The highest BCUT2D eigenvalue weighted by Crippen LogP contribution is 2.35. The van der Waals surface area contributed by atoms with E-state index in [-0.39, 0.29) is 32.7 Å². The molecule has 0 unspecified atom stereocenters. The van der Waals surface area contributed by atoms with Gasteiger partial charge >= 0.3 is 0 Å². The zero-order chi connectivity index (χ0) is 22.1. The van der Waals surface area contributed by atoms with Crippen LogP contribution in [0.3, 0.4) is 0 Å². The first-order valence-electron chi connectivity index (χ1n) is 9.31. The molecule has 1 aromatic heterocycles. The molecule has 0 atom stereocenters. The lowest BCUT2D eigenvalue weighted by Gasteiger charge is -2.11. The number of fused-ring (bicyclic) bond motifs is 1. The van der Waals surface area contributed by atoms with Gasteiger partial charge in [0.25, 0.3) is 5.91 Å². The highest BCUT2D eigenvalue weighted by atomic mass is 35.5. The number of amides is 1. The number of aromatic amines is 1. The van der Waals surface area contributed by atoms with Crippen molar-refractivity contribution in [2.45, 2.75) is 6.54 Å². The van der Waals surface area contributed by atoms with E-state index >= 15 is 0 Å². The molecule has 1 heterocycles. The van der Waals surface area contributed by atoms with E-state index in [1.807, 2.05) is 30.3 Å². The second-order valence-electron chi connectivity index (χ2n) is 6.96. The second kappa shape index (κ2) is 8.34. The molecule has 0 fully saturated rings. The van der Waals surface area contributed by atoms with Crippen molar-refractivity contribution in [2.24, 2.45) is 0 Å². The minimum atomic E-state index is -0.620. The van der Waals surface area contributed by atoms with Crippen molar-refractivity contribution in [2.75, 3.05) is 5.73 Å². The minimum absolute atomic E-state index is 0.155. The Hall–Kier alpha value is -3.48. The van der Waals surface area contributed by atoms with E-state index in [0.29, 0.717) is 23.2 Å². The summed E-state index contributed by atoms with van der Waals surface area (Å²) < 4.78 is 0. The summed E-state index contributed by atoms with van der Waals surface area (Å²) in [5, 5.41) is 13.9. The van der Waals surface area contributed by atoms with Gasteiger partial charge in [-0.2, -0.15) is 0 Å². The summed E-state index contributed by atoms with van der Waals surface area (Å²) in [4.78, 5) is 28.4. The lowest BCUT2D eigenvalue weighted by Crippen LogP contribution is -2.23. The van der Waals surface area contributed by atoms with Crippen LogP contribution in [0.5, 0.6) is 5.75 Å². The van der Waals surface area contributed by atoms with E-state index in [1.165, 1.54) is 18.2 Å². The summed E-state index contributed by atoms with van der Waals surface area (Å²) in [6.45, 7) is 0.358. The summed E-state index contributed by atoms with van der Waals surface area (Å²) >= 11 is 12.2. The molecule has 31 heavy (non-hydrogen) atoms. The maximum atomic E-state index is 12.8. The van der Waals surface area contributed by atoms with Gasteiger partial charge in [-0.05, 0) is 35.9 Å². The number of carbonyl (C=O) groups excluding carboxylic acids is 1. The minimum Gasteiger partial charge on any atom is -0.503 e. The lowest BCUT2D eigenvalue weighted by molar-refractivity contribution is 0.0951. The fourth-order valence-corrected chi connectivity index (χ4v) is 3.72. The molecule has 4 rings (SSSR count). The van der Waals surface area contributed by atoms with Crippen molar-refractivity contribution >= 4 is 45.7 Å². The van der Waals surface area contributed by atoms with Crippen LogP contribution >= 0.6 is 23.2 Å². The molecule has 0 saturated carbocycles. The molecule has 156 valence electrons. The molecule has 0 aliphatic heterocycles. The number of nitrogens with two attached hydrogens (primary N) is 1. The summed E-state index contributed by atoms with van der Waals surface area (Å²) in [7, 11) is 0. The van der Waals surface area contributed by atoms with Crippen LogP contribution in [0.25, 0.3) is 22.2 Å². The number of H-pyrrole nitrogens is 1. The Bertz CT molecular complexity index is 1350. The lowest BCUT2D eigenvalue weighted by atomic mass is 10.1. The van der Waals surface area contributed by atoms with Crippen LogP contribution in [0.15, 0.2) is 65.5 Å². The first-order valence-corrected chi connectivity index (χ1v) is 10.1. The van der Waals surface area contributed by atoms with Gasteiger partial charge in [0, 0.05) is 17.7 Å². The largest absolute Gasteiger partial charge is 0.503 e. The first-order chi connectivity index (χ1) is 14.8. The first kappa shape index (κ1) is 20.8. The van der Waals surface area contributed by atoms with Gasteiger partial charge < -0.3 is 21.1 Å². The van der Waals surface area contributed by atoms with Gasteiger partial charge in [-0.1, -0.05) is 53.5 Å². The van der Waals surface area contributed by atoms with E-state index < -0.39 is 11.2 Å². The Morgan fingerprint density at radius 3 is 2.39 bits per heavy atom. The molecule has 8 heteroatoms. The van der Waals surface area contributed by atoms with Crippen molar-refractivity contribution in [1.82, 2.24) is 10.3 Å². The normalized spacial score (nSPS) is 10.9.